The Hall–Kier alpha value is -2.01. The number of hydrogen-bond acceptors (Lipinski definition) is 3. The fourth-order valence-electron chi connectivity index (χ4n) is 2.68. The Labute approximate surface area is 141 Å². The highest BCUT2D eigenvalue weighted by atomic mass is 35.5. The number of carbonyl (C=O) groups is 2. The second kappa shape index (κ2) is 7.51. The Balaban J connectivity index is 2.51. The molecule has 0 radical (unpaired) electrons. The average Bonchev–Trinajstić information content (AvgIpc) is 2.51. The van der Waals surface area contributed by atoms with E-state index in [4.69, 9.17) is 16.3 Å². The first-order valence-corrected chi connectivity index (χ1v) is 8.08. The molecule has 1 aromatic carbocycles. The summed E-state index contributed by atoms with van der Waals surface area (Å²) in [7, 11) is 0. The maximum atomic E-state index is 12.4. The van der Waals surface area contributed by atoms with Crippen molar-refractivity contribution in [1.82, 2.24) is 10.2 Å². The third-order valence-electron chi connectivity index (χ3n) is 3.72. The van der Waals surface area contributed by atoms with Gasteiger partial charge in [-0.05, 0) is 38.0 Å². The van der Waals surface area contributed by atoms with Gasteiger partial charge in [0.2, 0.25) is 0 Å². The van der Waals surface area contributed by atoms with Gasteiger partial charge >= 0.3 is 12.0 Å². The quantitative estimate of drug-likeness (QED) is 0.835. The summed E-state index contributed by atoms with van der Waals surface area (Å²) >= 11 is 6.05. The van der Waals surface area contributed by atoms with Gasteiger partial charge in [-0.15, -0.1) is 0 Å². The van der Waals surface area contributed by atoms with Gasteiger partial charge in [-0.2, -0.15) is 0 Å². The molecule has 124 valence electrons. The highest BCUT2D eigenvalue weighted by Gasteiger charge is 2.36. The molecule has 0 aliphatic carbocycles. The third-order valence-corrected chi connectivity index (χ3v) is 3.96. The molecule has 1 atom stereocenters. The van der Waals surface area contributed by atoms with E-state index in [1.165, 1.54) is 0 Å². The molecule has 5 nitrogen and oxygen atoms in total. The highest BCUT2D eigenvalue weighted by molar-refractivity contribution is 6.30. The predicted molar refractivity (Wildman–Crippen MR) is 89.1 cm³/mol. The molecule has 1 N–H and O–H groups in total. The molecule has 2 amide bonds. The van der Waals surface area contributed by atoms with Gasteiger partial charge in [0.1, 0.15) is 0 Å². The molecule has 1 aliphatic rings. The standard InChI is InChI=1S/C17H21ClN2O3/c1-4-9-20-11(3)14(16(21)23-5-2)15(19-17(20)22)12-7-6-8-13(18)10-12/h6-8,10,15H,4-5,9H2,1-3H3,(H,19,22). The van der Waals surface area contributed by atoms with Crippen molar-refractivity contribution < 1.29 is 14.3 Å². The van der Waals surface area contributed by atoms with Gasteiger partial charge in [0.15, 0.2) is 0 Å². The van der Waals surface area contributed by atoms with E-state index in [0.717, 1.165) is 12.0 Å². The van der Waals surface area contributed by atoms with E-state index >= 15 is 0 Å². The summed E-state index contributed by atoms with van der Waals surface area (Å²) < 4.78 is 5.19. The maximum Gasteiger partial charge on any atom is 0.338 e. The van der Waals surface area contributed by atoms with E-state index in [-0.39, 0.29) is 12.6 Å². The lowest BCUT2D eigenvalue weighted by atomic mass is 9.95. The molecule has 0 aromatic heterocycles. The molecule has 1 unspecified atom stereocenters. The number of ether oxygens (including phenoxy) is 1. The van der Waals surface area contributed by atoms with Gasteiger partial charge < -0.3 is 10.1 Å². The summed E-state index contributed by atoms with van der Waals surface area (Å²) in [5, 5.41) is 3.43. The number of nitrogens with zero attached hydrogens (tertiary/aromatic N) is 1. The SMILES string of the molecule is CCCN1C(=O)NC(c2cccc(Cl)c2)C(C(=O)OCC)=C1C. The minimum atomic E-state index is -0.562. The summed E-state index contributed by atoms with van der Waals surface area (Å²) in [6.45, 7) is 6.34. The van der Waals surface area contributed by atoms with Crippen LogP contribution >= 0.6 is 11.6 Å². The minimum absolute atomic E-state index is 0.220. The van der Waals surface area contributed by atoms with E-state index in [1.54, 1.807) is 36.9 Å². The number of nitrogens with one attached hydrogen (secondary N) is 1. The Morgan fingerprint density at radius 1 is 1.39 bits per heavy atom. The van der Waals surface area contributed by atoms with Crippen LogP contribution in [0.5, 0.6) is 0 Å². The highest BCUT2D eigenvalue weighted by Crippen LogP contribution is 2.32. The van der Waals surface area contributed by atoms with Crippen LogP contribution in [0.15, 0.2) is 35.5 Å². The number of carbonyl (C=O) groups excluding carboxylic acids is 2. The largest absolute Gasteiger partial charge is 0.463 e. The van der Waals surface area contributed by atoms with Crippen LogP contribution in [0.3, 0.4) is 0 Å². The maximum absolute atomic E-state index is 12.4. The van der Waals surface area contributed by atoms with E-state index in [0.29, 0.717) is 22.8 Å². The molecule has 0 bridgehead atoms. The Bertz CT molecular complexity index is 642. The van der Waals surface area contributed by atoms with Crippen molar-refractivity contribution in [3.63, 3.8) is 0 Å². The van der Waals surface area contributed by atoms with Crippen molar-refractivity contribution in [3.8, 4) is 0 Å². The fourth-order valence-corrected chi connectivity index (χ4v) is 2.88. The summed E-state index contributed by atoms with van der Waals surface area (Å²) in [6, 6.07) is 6.34. The van der Waals surface area contributed by atoms with Crippen molar-refractivity contribution in [2.45, 2.75) is 33.2 Å². The number of esters is 1. The van der Waals surface area contributed by atoms with Gasteiger partial charge in [0.05, 0.1) is 18.2 Å². The monoisotopic (exact) mass is 336 g/mol. The molecular weight excluding hydrogens is 316 g/mol. The fraction of sp³-hybridized carbons (Fsp3) is 0.412. The lowest BCUT2D eigenvalue weighted by Crippen LogP contribution is -2.48. The summed E-state index contributed by atoms with van der Waals surface area (Å²) in [5.74, 6) is -0.420. The molecule has 0 saturated heterocycles. The van der Waals surface area contributed by atoms with Gasteiger partial charge in [-0.3, -0.25) is 4.90 Å². The second-order valence-corrected chi connectivity index (χ2v) is 5.75. The number of urea groups is 1. The topological polar surface area (TPSA) is 58.6 Å². The van der Waals surface area contributed by atoms with Crippen LogP contribution in [-0.2, 0) is 9.53 Å². The minimum Gasteiger partial charge on any atom is -0.463 e. The molecule has 0 spiro atoms. The first kappa shape index (κ1) is 17.3. The van der Waals surface area contributed by atoms with Crippen LogP contribution in [0.2, 0.25) is 5.02 Å². The molecule has 2 rings (SSSR count). The molecule has 1 heterocycles. The van der Waals surface area contributed by atoms with Crippen LogP contribution in [-0.4, -0.2) is 30.1 Å². The zero-order valence-corrected chi connectivity index (χ0v) is 14.3. The first-order valence-electron chi connectivity index (χ1n) is 7.71. The van der Waals surface area contributed by atoms with Crippen molar-refractivity contribution >= 4 is 23.6 Å². The van der Waals surface area contributed by atoms with Gasteiger partial charge in [-0.25, -0.2) is 9.59 Å². The third kappa shape index (κ3) is 3.67. The Morgan fingerprint density at radius 2 is 2.13 bits per heavy atom. The van der Waals surface area contributed by atoms with E-state index in [1.807, 2.05) is 13.0 Å². The number of amides is 2. The van der Waals surface area contributed by atoms with Crippen LogP contribution in [0.4, 0.5) is 4.79 Å². The molecular formula is C17H21ClN2O3. The van der Waals surface area contributed by atoms with E-state index in [9.17, 15) is 9.59 Å². The smallest absolute Gasteiger partial charge is 0.338 e. The average molecular weight is 337 g/mol. The van der Waals surface area contributed by atoms with Crippen molar-refractivity contribution in [2.24, 2.45) is 0 Å². The predicted octanol–water partition coefficient (Wildman–Crippen LogP) is 3.65. The van der Waals surface area contributed by atoms with Crippen LogP contribution in [0, 0.1) is 0 Å². The zero-order valence-electron chi connectivity index (χ0n) is 13.6. The normalized spacial score (nSPS) is 18.0. The van der Waals surface area contributed by atoms with Crippen LogP contribution in [0.1, 0.15) is 38.8 Å². The van der Waals surface area contributed by atoms with Gasteiger partial charge in [0, 0.05) is 17.3 Å². The van der Waals surface area contributed by atoms with Crippen molar-refractivity contribution in [2.75, 3.05) is 13.2 Å². The van der Waals surface area contributed by atoms with Gasteiger partial charge in [0.25, 0.3) is 0 Å². The number of rotatable bonds is 5. The number of hydrogen-bond donors (Lipinski definition) is 1. The summed E-state index contributed by atoms with van der Waals surface area (Å²) in [4.78, 5) is 26.4. The van der Waals surface area contributed by atoms with Crippen molar-refractivity contribution in [1.29, 1.82) is 0 Å². The molecule has 6 heteroatoms. The number of benzene rings is 1. The Kier molecular flexibility index (Phi) is 5.66. The zero-order chi connectivity index (χ0) is 17.0. The van der Waals surface area contributed by atoms with Gasteiger partial charge in [-0.1, -0.05) is 30.7 Å². The van der Waals surface area contributed by atoms with E-state index in [2.05, 4.69) is 5.32 Å². The van der Waals surface area contributed by atoms with Crippen LogP contribution < -0.4 is 5.32 Å². The molecule has 0 fully saturated rings. The lowest BCUT2D eigenvalue weighted by Gasteiger charge is -2.35. The van der Waals surface area contributed by atoms with Crippen molar-refractivity contribution in [3.05, 3.63) is 46.1 Å². The first-order chi connectivity index (χ1) is 11.0. The number of halogens is 1. The molecule has 23 heavy (non-hydrogen) atoms. The summed E-state index contributed by atoms with van der Waals surface area (Å²) in [6.07, 6.45) is 0.794. The van der Waals surface area contributed by atoms with E-state index < -0.39 is 12.0 Å². The lowest BCUT2D eigenvalue weighted by molar-refractivity contribution is -0.139. The second-order valence-electron chi connectivity index (χ2n) is 5.31. The molecule has 0 saturated carbocycles. The number of allylic oxidation sites excluding steroid dienone is 1. The summed E-state index contributed by atoms with van der Waals surface area (Å²) in [5.41, 5.74) is 1.82. The Morgan fingerprint density at radius 3 is 2.74 bits per heavy atom. The van der Waals surface area contributed by atoms with Crippen LogP contribution in [0.25, 0.3) is 0 Å². The molecule has 1 aromatic rings. The molecule has 1 aliphatic heterocycles.